The molecule has 0 aliphatic carbocycles. The van der Waals surface area contributed by atoms with Gasteiger partial charge in [0.15, 0.2) is 0 Å². The molecule has 0 unspecified atom stereocenters. The first-order chi connectivity index (χ1) is 9.09. The quantitative estimate of drug-likeness (QED) is 0.766. The number of amides is 2. The lowest BCUT2D eigenvalue weighted by Crippen LogP contribution is -2.36. The minimum Gasteiger partial charge on any atom is -0.398 e. The summed E-state index contributed by atoms with van der Waals surface area (Å²) in [6, 6.07) is 7.09. The van der Waals surface area contributed by atoms with Gasteiger partial charge in [-0.05, 0) is 18.6 Å². The van der Waals surface area contributed by atoms with Crippen LogP contribution in [0.2, 0.25) is 0 Å². The molecular formula is C14H19N3O2. The van der Waals surface area contributed by atoms with Gasteiger partial charge < -0.3 is 15.5 Å². The Balaban J connectivity index is 2.08. The van der Waals surface area contributed by atoms with E-state index in [9.17, 15) is 9.59 Å². The van der Waals surface area contributed by atoms with Crippen LogP contribution in [0, 0.1) is 0 Å². The van der Waals surface area contributed by atoms with Crippen LogP contribution in [0.5, 0.6) is 0 Å². The van der Waals surface area contributed by atoms with E-state index in [1.807, 2.05) is 12.1 Å². The number of nitrogens with two attached hydrogens (primary N) is 1. The van der Waals surface area contributed by atoms with Crippen molar-refractivity contribution in [1.82, 2.24) is 9.80 Å². The molecule has 0 aromatic heterocycles. The van der Waals surface area contributed by atoms with Gasteiger partial charge in [0.05, 0.1) is 5.56 Å². The van der Waals surface area contributed by atoms with E-state index in [4.69, 9.17) is 5.73 Å². The summed E-state index contributed by atoms with van der Waals surface area (Å²) in [4.78, 5) is 27.3. The maximum Gasteiger partial charge on any atom is 0.256 e. The third-order valence-corrected chi connectivity index (χ3v) is 3.42. The SMILES string of the molecule is CC(=O)N1CCCN(C(=O)c2ccccc2N)CC1. The zero-order valence-corrected chi connectivity index (χ0v) is 11.1. The van der Waals surface area contributed by atoms with Crippen molar-refractivity contribution in [2.45, 2.75) is 13.3 Å². The third kappa shape index (κ3) is 3.05. The largest absolute Gasteiger partial charge is 0.398 e. The predicted octanol–water partition coefficient (Wildman–Crippen LogP) is 0.963. The number of benzene rings is 1. The number of carbonyl (C=O) groups is 2. The van der Waals surface area contributed by atoms with Crippen LogP contribution < -0.4 is 5.73 Å². The number of hydrogen-bond donors (Lipinski definition) is 1. The lowest BCUT2D eigenvalue weighted by atomic mass is 10.1. The molecular weight excluding hydrogens is 242 g/mol. The molecule has 2 rings (SSSR count). The molecule has 1 fully saturated rings. The molecule has 0 saturated carbocycles. The molecule has 2 N–H and O–H groups in total. The average molecular weight is 261 g/mol. The van der Waals surface area contributed by atoms with Crippen LogP contribution in [-0.4, -0.2) is 47.8 Å². The van der Waals surface area contributed by atoms with Crippen LogP contribution >= 0.6 is 0 Å². The first kappa shape index (κ1) is 13.4. The fraction of sp³-hybridized carbons (Fsp3) is 0.429. The summed E-state index contributed by atoms with van der Waals surface area (Å²) < 4.78 is 0. The summed E-state index contributed by atoms with van der Waals surface area (Å²) in [5.74, 6) is 0.0111. The Labute approximate surface area is 113 Å². The Morgan fingerprint density at radius 1 is 1.05 bits per heavy atom. The van der Waals surface area contributed by atoms with Crippen LogP contribution in [0.4, 0.5) is 5.69 Å². The number of anilines is 1. The number of rotatable bonds is 1. The van der Waals surface area contributed by atoms with Crippen molar-refractivity contribution in [2.75, 3.05) is 31.9 Å². The second-order valence-electron chi connectivity index (χ2n) is 4.74. The van der Waals surface area contributed by atoms with Crippen LogP contribution in [-0.2, 0) is 4.79 Å². The second-order valence-corrected chi connectivity index (χ2v) is 4.74. The zero-order valence-electron chi connectivity index (χ0n) is 11.1. The normalized spacial score (nSPS) is 16.1. The molecule has 102 valence electrons. The van der Waals surface area contributed by atoms with Gasteiger partial charge in [0.2, 0.25) is 5.91 Å². The fourth-order valence-corrected chi connectivity index (χ4v) is 2.30. The van der Waals surface area contributed by atoms with E-state index in [0.29, 0.717) is 37.4 Å². The summed E-state index contributed by atoms with van der Waals surface area (Å²) in [6.45, 7) is 4.09. The van der Waals surface area contributed by atoms with Gasteiger partial charge in [-0.1, -0.05) is 12.1 Å². The van der Waals surface area contributed by atoms with Gasteiger partial charge in [0.1, 0.15) is 0 Å². The highest BCUT2D eigenvalue weighted by Gasteiger charge is 2.22. The molecule has 0 bridgehead atoms. The molecule has 0 spiro atoms. The highest BCUT2D eigenvalue weighted by molar-refractivity contribution is 5.99. The molecule has 0 radical (unpaired) electrons. The summed E-state index contributed by atoms with van der Waals surface area (Å²) in [5, 5.41) is 0. The molecule has 1 saturated heterocycles. The first-order valence-corrected chi connectivity index (χ1v) is 6.49. The second kappa shape index (κ2) is 5.73. The summed E-state index contributed by atoms with van der Waals surface area (Å²) in [6.07, 6.45) is 0.804. The first-order valence-electron chi connectivity index (χ1n) is 6.49. The van der Waals surface area contributed by atoms with Crippen molar-refractivity contribution in [2.24, 2.45) is 0 Å². The minimum absolute atomic E-state index is 0.0523. The molecule has 1 heterocycles. The van der Waals surface area contributed by atoms with Crippen molar-refractivity contribution in [3.05, 3.63) is 29.8 Å². The summed E-state index contributed by atoms with van der Waals surface area (Å²) in [7, 11) is 0. The average Bonchev–Trinajstić information content (AvgIpc) is 2.64. The lowest BCUT2D eigenvalue weighted by Gasteiger charge is -2.22. The van der Waals surface area contributed by atoms with Crippen LogP contribution in [0.3, 0.4) is 0 Å². The molecule has 1 aromatic rings. The third-order valence-electron chi connectivity index (χ3n) is 3.42. The van der Waals surface area contributed by atoms with Gasteiger partial charge in [-0.15, -0.1) is 0 Å². The summed E-state index contributed by atoms with van der Waals surface area (Å²) >= 11 is 0. The van der Waals surface area contributed by atoms with Crippen molar-refractivity contribution in [3.63, 3.8) is 0 Å². The Hall–Kier alpha value is -2.04. The Morgan fingerprint density at radius 3 is 2.37 bits per heavy atom. The number of nitrogens with zero attached hydrogens (tertiary/aromatic N) is 2. The molecule has 5 nitrogen and oxygen atoms in total. The highest BCUT2D eigenvalue weighted by atomic mass is 16.2. The van der Waals surface area contributed by atoms with E-state index in [-0.39, 0.29) is 11.8 Å². The highest BCUT2D eigenvalue weighted by Crippen LogP contribution is 2.15. The van der Waals surface area contributed by atoms with E-state index in [2.05, 4.69) is 0 Å². The molecule has 2 amide bonds. The fourth-order valence-electron chi connectivity index (χ4n) is 2.30. The van der Waals surface area contributed by atoms with Crippen molar-refractivity contribution in [3.8, 4) is 0 Å². The predicted molar refractivity (Wildman–Crippen MR) is 73.6 cm³/mol. The molecule has 0 atom stereocenters. The number of nitrogen functional groups attached to an aromatic ring is 1. The van der Waals surface area contributed by atoms with E-state index in [1.165, 1.54) is 0 Å². The van der Waals surface area contributed by atoms with Crippen LogP contribution in [0.1, 0.15) is 23.7 Å². The van der Waals surface area contributed by atoms with Gasteiger partial charge in [-0.25, -0.2) is 0 Å². The standard InChI is InChI=1S/C14H19N3O2/c1-11(18)16-7-4-8-17(10-9-16)14(19)12-5-2-3-6-13(12)15/h2-3,5-6H,4,7-10,15H2,1H3. The van der Waals surface area contributed by atoms with Crippen molar-refractivity contribution in [1.29, 1.82) is 0 Å². The molecule has 5 heteroatoms. The molecule has 1 aliphatic heterocycles. The Bertz CT molecular complexity index is 487. The van der Waals surface area contributed by atoms with Gasteiger partial charge in [-0.3, -0.25) is 9.59 Å². The lowest BCUT2D eigenvalue weighted by molar-refractivity contribution is -0.128. The Morgan fingerprint density at radius 2 is 1.68 bits per heavy atom. The van der Waals surface area contributed by atoms with Crippen molar-refractivity contribution >= 4 is 17.5 Å². The van der Waals surface area contributed by atoms with Gasteiger partial charge >= 0.3 is 0 Å². The van der Waals surface area contributed by atoms with Crippen LogP contribution in [0.15, 0.2) is 24.3 Å². The molecule has 19 heavy (non-hydrogen) atoms. The zero-order chi connectivity index (χ0) is 13.8. The summed E-state index contributed by atoms with van der Waals surface area (Å²) in [5.41, 5.74) is 6.87. The maximum absolute atomic E-state index is 12.4. The topological polar surface area (TPSA) is 66.6 Å². The van der Waals surface area contributed by atoms with Gasteiger partial charge in [0.25, 0.3) is 5.91 Å². The van der Waals surface area contributed by atoms with E-state index < -0.39 is 0 Å². The monoisotopic (exact) mass is 261 g/mol. The Kier molecular flexibility index (Phi) is 4.04. The number of carbonyl (C=O) groups excluding carboxylic acids is 2. The van der Waals surface area contributed by atoms with E-state index in [0.717, 1.165) is 6.42 Å². The molecule has 1 aromatic carbocycles. The number of para-hydroxylation sites is 1. The smallest absolute Gasteiger partial charge is 0.256 e. The number of hydrogen-bond acceptors (Lipinski definition) is 3. The molecule has 1 aliphatic rings. The minimum atomic E-state index is -0.0523. The van der Waals surface area contributed by atoms with Gasteiger partial charge in [-0.2, -0.15) is 0 Å². The van der Waals surface area contributed by atoms with Gasteiger partial charge in [0, 0.05) is 38.8 Å². The van der Waals surface area contributed by atoms with E-state index >= 15 is 0 Å². The van der Waals surface area contributed by atoms with E-state index in [1.54, 1.807) is 28.9 Å². The van der Waals surface area contributed by atoms with Crippen LogP contribution in [0.25, 0.3) is 0 Å². The van der Waals surface area contributed by atoms with Crippen molar-refractivity contribution < 1.29 is 9.59 Å². The maximum atomic E-state index is 12.4.